The van der Waals surface area contributed by atoms with Crippen LogP contribution < -0.4 is 4.74 Å². The molecule has 2 aromatic rings. The molecular formula is C27H36FN3O4S. The molecule has 1 aliphatic heterocycles. The van der Waals surface area contributed by atoms with Crippen LogP contribution in [0, 0.1) is 23.6 Å². The van der Waals surface area contributed by atoms with Gasteiger partial charge >= 0.3 is 0 Å². The van der Waals surface area contributed by atoms with Crippen LogP contribution >= 0.6 is 0 Å². The summed E-state index contributed by atoms with van der Waals surface area (Å²) in [4.78, 5) is 3.96. The second-order valence-corrected chi connectivity index (χ2v) is 11.6. The van der Waals surface area contributed by atoms with Crippen molar-refractivity contribution in [2.75, 3.05) is 47.4 Å². The molecule has 36 heavy (non-hydrogen) atoms. The van der Waals surface area contributed by atoms with E-state index in [4.69, 9.17) is 4.74 Å². The zero-order chi connectivity index (χ0) is 26.5. The van der Waals surface area contributed by atoms with Crippen LogP contribution in [-0.4, -0.2) is 87.2 Å². The van der Waals surface area contributed by atoms with Crippen LogP contribution in [0.25, 0.3) is 0 Å². The average molecular weight is 518 g/mol. The van der Waals surface area contributed by atoms with Crippen molar-refractivity contribution in [3.05, 3.63) is 59.4 Å². The molecule has 1 aliphatic rings. The van der Waals surface area contributed by atoms with Crippen molar-refractivity contribution < 1.29 is 22.7 Å². The third-order valence-electron chi connectivity index (χ3n) is 6.18. The Bertz CT molecular complexity index is 1210. The Kier molecular flexibility index (Phi) is 9.50. The first kappa shape index (κ1) is 28.1. The van der Waals surface area contributed by atoms with E-state index in [1.165, 1.54) is 16.4 Å². The van der Waals surface area contributed by atoms with Gasteiger partial charge in [0.15, 0.2) is 0 Å². The summed E-state index contributed by atoms with van der Waals surface area (Å²) < 4.78 is 49.1. The topological polar surface area (TPSA) is 73.3 Å². The molecule has 3 rings (SSSR count). The van der Waals surface area contributed by atoms with E-state index in [9.17, 15) is 17.9 Å². The molecule has 0 bridgehead atoms. The van der Waals surface area contributed by atoms with Crippen molar-refractivity contribution in [2.24, 2.45) is 5.92 Å². The van der Waals surface area contributed by atoms with Crippen molar-refractivity contribution in [2.45, 2.75) is 37.4 Å². The average Bonchev–Trinajstić information content (AvgIpc) is 2.82. The Morgan fingerprint density at radius 2 is 1.94 bits per heavy atom. The number of fused-ring (bicyclic) bond motifs is 1. The number of nitrogens with zero attached hydrogens (tertiary/aromatic N) is 3. The SMILES string of the molecule is C[C@@H]1CN([C@@H](C)CO)S(=O)(=O)c2ccc(C#CCN(C)C)cc2O[C@H]1CN(C)Cc1ccccc1F. The van der Waals surface area contributed by atoms with Gasteiger partial charge in [0.2, 0.25) is 10.0 Å². The van der Waals surface area contributed by atoms with Crippen molar-refractivity contribution in [3.63, 3.8) is 0 Å². The number of sulfonamides is 1. The van der Waals surface area contributed by atoms with Crippen LogP contribution in [0.4, 0.5) is 4.39 Å². The maximum absolute atomic E-state index is 14.2. The van der Waals surface area contributed by atoms with Gasteiger partial charge in [-0.05, 0) is 52.3 Å². The lowest BCUT2D eigenvalue weighted by Gasteiger charge is -2.37. The first-order valence-electron chi connectivity index (χ1n) is 12.0. The Morgan fingerprint density at radius 3 is 2.61 bits per heavy atom. The number of halogens is 1. The summed E-state index contributed by atoms with van der Waals surface area (Å²) in [5.74, 6) is 5.90. The van der Waals surface area contributed by atoms with Crippen molar-refractivity contribution in [3.8, 4) is 17.6 Å². The summed E-state index contributed by atoms with van der Waals surface area (Å²) in [6.07, 6.45) is -0.380. The largest absolute Gasteiger partial charge is 0.487 e. The molecule has 3 atom stereocenters. The summed E-state index contributed by atoms with van der Waals surface area (Å²) in [5.41, 5.74) is 1.23. The molecule has 0 amide bonds. The fraction of sp³-hybridized carbons (Fsp3) is 0.481. The maximum atomic E-state index is 14.2. The van der Waals surface area contributed by atoms with Crippen LogP contribution in [0.2, 0.25) is 0 Å². The van der Waals surface area contributed by atoms with Crippen LogP contribution in [0.5, 0.6) is 5.75 Å². The molecule has 7 nitrogen and oxygen atoms in total. The molecule has 2 aromatic carbocycles. The third kappa shape index (κ3) is 6.84. The molecule has 9 heteroatoms. The highest BCUT2D eigenvalue weighted by Crippen LogP contribution is 2.34. The van der Waals surface area contributed by atoms with E-state index in [1.807, 2.05) is 37.9 Å². The molecule has 0 aliphatic carbocycles. The molecule has 0 saturated carbocycles. The highest BCUT2D eigenvalue weighted by Gasteiger charge is 2.38. The van der Waals surface area contributed by atoms with Gasteiger partial charge < -0.3 is 9.84 Å². The Hall–Kier alpha value is -2.48. The van der Waals surface area contributed by atoms with E-state index in [-0.39, 0.29) is 41.6 Å². The normalized spacial score (nSPS) is 20.6. The molecule has 0 saturated heterocycles. The van der Waals surface area contributed by atoms with Crippen molar-refractivity contribution in [1.29, 1.82) is 0 Å². The quantitative estimate of drug-likeness (QED) is 0.570. The van der Waals surface area contributed by atoms with Crippen LogP contribution in [0.3, 0.4) is 0 Å². The fourth-order valence-corrected chi connectivity index (χ4v) is 5.94. The first-order chi connectivity index (χ1) is 17.0. The van der Waals surface area contributed by atoms with E-state index >= 15 is 0 Å². The summed E-state index contributed by atoms with van der Waals surface area (Å²) in [6.45, 7) is 4.91. The zero-order valence-electron chi connectivity index (χ0n) is 21.6. The van der Waals surface area contributed by atoms with Crippen molar-refractivity contribution >= 4 is 10.0 Å². The fourth-order valence-electron chi connectivity index (χ4n) is 4.11. The van der Waals surface area contributed by atoms with E-state index in [2.05, 4.69) is 11.8 Å². The lowest BCUT2D eigenvalue weighted by atomic mass is 10.0. The molecule has 0 radical (unpaired) electrons. The number of benzene rings is 2. The summed E-state index contributed by atoms with van der Waals surface area (Å²) in [5, 5.41) is 9.80. The van der Waals surface area contributed by atoms with Gasteiger partial charge in [0, 0.05) is 42.7 Å². The second-order valence-electron chi connectivity index (χ2n) is 9.73. The Labute approximate surface area is 214 Å². The number of likely N-dealkylation sites (N-methyl/N-ethyl adjacent to an activating group) is 1. The minimum Gasteiger partial charge on any atom is -0.487 e. The van der Waals surface area contributed by atoms with Crippen LogP contribution in [-0.2, 0) is 16.6 Å². The molecule has 0 unspecified atom stereocenters. The van der Waals surface area contributed by atoms with Crippen LogP contribution in [0.15, 0.2) is 47.4 Å². The molecule has 0 fully saturated rings. The summed E-state index contributed by atoms with van der Waals surface area (Å²) >= 11 is 0. The number of hydrogen-bond donors (Lipinski definition) is 1. The smallest absolute Gasteiger partial charge is 0.247 e. The summed E-state index contributed by atoms with van der Waals surface area (Å²) in [6, 6.07) is 10.9. The molecule has 1 heterocycles. The highest BCUT2D eigenvalue weighted by atomic mass is 32.2. The second kappa shape index (κ2) is 12.2. The van der Waals surface area contributed by atoms with Gasteiger partial charge in [-0.25, -0.2) is 12.8 Å². The van der Waals surface area contributed by atoms with Gasteiger partial charge in [-0.1, -0.05) is 37.0 Å². The number of rotatable bonds is 7. The number of aliphatic hydroxyl groups excluding tert-OH is 1. The minimum atomic E-state index is -3.91. The van der Waals surface area contributed by atoms with Gasteiger partial charge in [-0.15, -0.1) is 0 Å². The van der Waals surface area contributed by atoms with Crippen molar-refractivity contribution in [1.82, 2.24) is 14.1 Å². The zero-order valence-corrected chi connectivity index (χ0v) is 22.4. The highest BCUT2D eigenvalue weighted by molar-refractivity contribution is 7.89. The lowest BCUT2D eigenvalue weighted by Crippen LogP contribution is -2.49. The van der Waals surface area contributed by atoms with Gasteiger partial charge in [-0.2, -0.15) is 4.31 Å². The lowest BCUT2D eigenvalue weighted by molar-refractivity contribution is 0.0731. The van der Waals surface area contributed by atoms with E-state index < -0.39 is 16.1 Å². The predicted molar refractivity (Wildman–Crippen MR) is 139 cm³/mol. The van der Waals surface area contributed by atoms with Gasteiger partial charge in [0.05, 0.1) is 13.2 Å². The first-order valence-corrected chi connectivity index (χ1v) is 13.5. The van der Waals surface area contributed by atoms with E-state index in [0.29, 0.717) is 30.8 Å². The number of ether oxygens (including phenoxy) is 1. The predicted octanol–water partition coefficient (Wildman–Crippen LogP) is 2.64. The maximum Gasteiger partial charge on any atom is 0.247 e. The standard InChI is InChI=1S/C27H36FN3O4S/c1-20-16-31(21(2)19-32)36(33,34)27-13-12-22(9-8-14-29(3)4)15-25(27)35-26(20)18-30(5)17-23-10-6-7-11-24(23)28/h6-7,10-13,15,20-21,26,32H,14,16-19H2,1-5H3/t20-,21+,26+/m1/s1. The molecule has 196 valence electrons. The van der Waals surface area contributed by atoms with Crippen LogP contribution in [0.1, 0.15) is 25.0 Å². The minimum absolute atomic E-state index is 0.0506. The third-order valence-corrected chi connectivity index (χ3v) is 8.20. The molecule has 1 N–H and O–H groups in total. The monoisotopic (exact) mass is 517 g/mol. The summed E-state index contributed by atoms with van der Waals surface area (Å²) in [7, 11) is 1.81. The number of hydrogen-bond acceptors (Lipinski definition) is 6. The van der Waals surface area contributed by atoms with Gasteiger partial charge in [0.1, 0.15) is 22.6 Å². The molecular weight excluding hydrogens is 481 g/mol. The van der Waals surface area contributed by atoms with Gasteiger partial charge in [0.25, 0.3) is 0 Å². The van der Waals surface area contributed by atoms with E-state index in [1.54, 1.807) is 37.3 Å². The molecule has 0 aromatic heterocycles. The number of aliphatic hydroxyl groups is 1. The Morgan fingerprint density at radius 1 is 1.22 bits per heavy atom. The Balaban J connectivity index is 1.97. The van der Waals surface area contributed by atoms with E-state index in [0.717, 1.165) is 0 Å². The molecule has 0 spiro atoms. The van der Waals surface area contributed by atoms with Gasteiger partial charge in [-0.3, -0.25) is 9.80 Å².